The lowest BCUT2D eigenvalue weighted by Gasteiger charge is -2.13. The summed E-state index contributed by atoms with van der Waals surface area (Å²) in [5, 5.41) is 1.15. The van der Waals surface area contributed by atoms with Gasteiger partial charge in [-0.25, -0.2) is 4.98 Å². The monoisotopic (exact) mass is 274 g/mol. The highest BCUT2D eigenvalue weighted by atomic mass is 15.1. The van der Waals surface area contributed by atoms with Crippen LogP contribution in [0.3, 0.4) is 0 Å². The molecule has 3 rings (SSSR count). The summed E-state index contributed by atoms with van der Waals surface area (Å²) in [7, 11) is 4.07. The second-order valence-electron chi connectivity index (χ2n) is 5.31. The number of benzene rings is 2. The number of aromatic nitrogens is 1. The minimum absolute atomic E-state index is 0.923. The Kier molecular flexibility index (Phi) is 3.44. The van der Waals surface area contributed by atoms with Crippen LogP contribution in [0.5, 0.6) is 0 Å². The topological polar surface area (TPSA) is 16.1 Å². The Hall–Kier alpha value is -2.61. The normalized spacial score (nSPS) is 10.6. The molecule has 104 valence electrons. The highest BCUT2D eigenvalue weighted by molar-refractivity contribution is 5.84. The first kappa shape index (κ1) is 13.4. The van der Waals surface area contributed by atoms with Gasteiger partial charge in [-0.3, -0.25) is 0 Å². The molecule has 0 fully saturated rings. The third kappa shape index (κ3) is 2.65. The highest BCUT2D eigenvalue weighted by Gasteiger charge is 2.05. The lowest BCUT2D eigenvalue weighted by atomic mass is 10.0. The van der Waals surface area contributed by atoms with Crippen LogP contribution in [0.4, 0.5) is 5.69 Å². The number of anilines is 1. The quantitative estimate of drug-likeness (QED) is 0.705. The predicted octanol–water partition coefficient (Wildman–Crippen LogP) is 4.36. The second-order valence-corrected chi connectivity index (χ2v) is 5.31. The molecule has 0 aliphatic carbocycles. The van der Waals surface area contributed by atoms with E-state index in [4.69, 9.17) is 4.98 Å². The van der Waals surface area contributed by atoms with Crippen LogP contribution in [-0.4, -0.2) is 19.1 Å². The molecule has 2 heteroatoms. The summed E-state index contributed by atoms with van der Waals surface area (Å²) in [4.78, 5) is 6.78. The summed E-state index contributed by atoms with van der Waals surface area (Å²) in [6, 6.07) is 20.6. The molecule has 1 aromatic heterocycles. The number of hydrogen-bond donors (Lipinski definition) is 0. The summed E-state index contributed by atoms with van der Waals surface area (Å²) in [5.41, 5.74) is 5.15. The van der Waals surface area contributed by atoms with Gasteiger partial charge in [0.1, 0.15) is 0 Å². The van der Waals surface area contributed by atoms with E-state index in [0.29, 0.717) is 0 Å². The molecule has 3 aromatic rings. The molecule has 0 amide bonds. The summed E-state index contributed by atoms with van der Waals surface area (Å²) in [6.45, 7) is 4.20. The van der Waals surface area contributed by atoms with Crippen LogP contribution in [0, 0.1) is 0 Å². The van der Waals surface area contributed by atoms with Gasteiger partial charge >= 0.3 is 0 Å². The molecule has 21 heavy (non-hydrogen) atoms. The van der Waals surface area contributed by atoms with Crippen molar-refractivity contribution in [3.8, 4) is 0 Å². The number of fused-ring (bicyclic) bond motifs is 1. The Morgan fingerprint density at radius 1 is 0.905 bits per heavy atom. The van der Waals surface area contributed by atoms with Gasteiger partial charge in [0, 0.05) is 30.7 Å². The molecule has 0 radical (unpaired) electrons. The molecule has 0 aliphatic rings. The van der Waals surface area contributed by atoms with Crippen molar-refractivity contribution in [2.75, 3.05) is 19.0 Å². The smallest absolute Gasteiger partial charge is 0.0709 e. The molecule has 0 N–H and O–H groups in total. The van der Waals surface area contributed by atoms with E-state index in [1.165, 1.54) is 5.69 Å². The molecule has 2 nitrogen and oxygen atoms in total. The minimum Gasteiger partial charge on any atom is -0.378 e. The van der Waals surface area contributed by atoms with E-state index in [1.807, 2.05) is 38.4 Å². The Labute approximate surface area is 125 Å². The largest absolute Gasteiger partial charge is 0.378 e. The van der Waals surface area contributed by atoms with Crippen molar-refractivity contribution in [2.24, 2.45) is 0 Å². The zero-order valence-corrected chi connectivity index (χ0v) is 12.4. The van der Waals surface area contributed by atoms with Gasteiger partial charge in [0.15, 0.2) is 0 Å². The van der Waals surface area contributed by atoms with Crippen LogP contribution < -0.4 is 4.90 Å². The first-order valence-corrected chi connectivity index (χ1v) is 6.98. The molecule has 0 atom stereocenters. The fraction of sp³-hybridized carbons (Fsp3) is 0.105. The lowest BCUT2D eigenvalue weighted by molar-refractivity contribution is 1.13. The second kappa shape index (κ2) is 5.41. The Bertz CT molecular complexity index is 786. The third-order valence-corrected chi connectivity index (χ3v) is 3.64. The van der Waals surface area contributed by atoms with Gasteiger partial charge in [-0.2, -0.15) is 0 Å². The zero-order chi connectivity index (χ0) is 14.8. The van der Waals surface area contributed by atoms with E-state index >= 15 is 0 Å². The van der Waals surface area contributed by atoms with E-state index in [-0.39, 0.29) is 0 Å². The SMILES string of the molecule is C=C(c1ccc(N(C)C)cc1)c1ccc2ccccc2n1. The number of para-hydroxylation sites is 1. The van der Waals surface area contributed by atoms with E-state index < -0.39 is 0 Å². The Balaban J connectivity index is 1.95. The number of rotatable bonds is 3. The van der Waals surface area contributed by atoms with Crippen molar-refractivity contribution in [1.82, 2.24) is 4.98 Å². The first-order chi connectivity index (χ1) is 10.1. The maximum Gasteiger partial charge on any atom is 0.0709 e. The molecule has 0 unspecified atom stereocenters. The van der Waals surface area contributed by atoms with Crippen LogP contribution in [0.15, 0.2) is 67.2 Å². The third-order valence-electron chi connectivity index (χ3n) is 3.64. The molecule has 2 aromatic carbocycles. The van der Waals surface area contributed by atoms with Gasteiger partial charge in [0.25, 0.3) is 0 Å². The van der Waals surface area contributed by atoms with Gasteiger partial charge in [-0.1, -0.05) is 43.0 Å². The van der Waals surface area contributed by atoms with Gasteiger partial charge in [0.05, 0.1) is 11.2 Å². The summed E-state index contributed by atoms with van der Waals surface area (Å²) in [5.74, 6) is 0. The summed E-state index contributed by atoms with van der Waals surface area (Å²) < 4.78 is 0. The molecule has 0 spiro atoms. The molecular formula is C19H18N2. The molecule has 1 heterocycles. The highest BCUT2D eigenvalue weighted by Crippen LogP contribution is 2.24. The molecule has 0 saturated heterocycles. The van der Waals surface area contributed by atoms with Crippen molar-refractivity contribution in [3.05, 3.63) is 78.5 Å². The zero-order valence-electron chi connectivity index (χ0n) is 12.4. The Morgan fingerprint density at radius 3 is 2.33 bits per heavy atom. The average molecular weight is 274 g/mol. The van der Waals surface area contributed by atoms with E-state index in [0.717, 1.165) is 27.7 Å². The van der Waals surface area contributed by atoms with Crippen LogP contribution in [-0.2, 0) is 0 Å². The van der Waals surface area contributed by atoms with Crippen LogP contribution in [0.2, 0.25) is 0 Å². The van der Waals surface area contributed by atoms with Crippen molar-refractivity contribution in [3.63, 3.8) is 0 Å². The molecule has 0 saturated carbocycles. The maximum absolute atomic E-state index is 4.70. The Morgan fingerprint density at radius 2 is 1.62 bits per heavy atom. The number of hydrogen-bond acceptors (Lipinski definition) is 2. The number of nitrogens with zero attached hydrogens (tertiary/aromatic N) is 2. The van der Waals surface area contributed by atoms with Crippen LogP contribution >= 0.6 is 0 Å². The van der Waals surface area contributed by atoms with Crippen molar-refractivity contribution < 1.29 is 0 Å². The summed E-state index contributed by atoms with van der Waals surface area (Å²) >= 11 is 0. The van der Waals surface area contributed by atoms with Gasteiger partial charge < -0.3 is 4.90 Å². The van der Waals surface area contributed by atoms with E-state index in [1.54, 1.807) is 0 Å². The van der Waals surface area contributed by atoms with E-state index in [2.05, 4.69) is 47.9 Å². The lowest BCUT2D eigenvalue weighted by Crippen LogP contribution is -2.08. The molecule has 0 bridgehead atoms. The van der Waals surface area contributed by atoms with Crippen LogP contribution in [0.25, 0.3) is 16.5 Å². The average Bonchev–Trinajstić information content (AvgIpc) is 2.54. The first-order valence-electron chi connectivity index (χ1n) is 6.98. The maximum atomic E-state index is 4.70. The number of pyridine rings is 1. The van der Waals surface area contributed by atoms with Gasteiger partial charge in [-0.05, 0) is 29.8 Å². The molecule has 0 aliphatic heterocycles. The standard InChI is InChI=1S/C19H18N2/c1-14(15-8-11-17(12-9-15)21(2)3)18-13-10-16-6-4-5-7-19(16)20-18/h4-13H,1H2,2-3H3. The van der Waals surface area contributed by atoms with Gasteiger partial charge in [0.2, 0.25) is 0 Å². The predicted molar refractivity (Wildman–Crippen MR) is 90.6 cm³/mol. The van der Waals surface area contributed by atoms with Crippen molar-refractivity contribution >= 4 is 22.2 Å². The molecular weight excluding hydrogens is 256 g/mol. The fourth-order valence-corrected chi connectivity index (χ4v) is 2.34. The van der Waals surface area contributed by atoms with E-state index in [9.17, 15) is 0 Å². The van der Waals surface area contributed by atoms with Crippen molar-refractivity contribution in [1.29, 1.82) is 0 Å². The summed E-state index contributed by atoms with van der Waals surface area (Å²) in [6.07, 6.45) is 0. The van der Waals surface area contributed by atoms with Crippen LogP contribution in [0.1, 0.15) is 11.3 Å². The fourth-order valence-electron chi connectivity index (χ4n) is 2.34. The minimum atomic E-state index is 0.923. The van der Waals surface area contributed by atoms with Gasteiger partial charge in [-0.15, -0.1) is 0 Å². The van der Waals surface area contributed by atoms with Crippen molar-refractivity contribution in [2.45, 2.75) is 0 Å².